The van der Waals surface area contributed by atoms with Gasteiger partial charge in [0.1, 0.15) is 0 Å². The predicted molar refractivity (Wildman–Crippen MR) is 158 cm³/mol. The van der Waals surface area contributed by atoms with Crippen molar-refractivity contribution in [1.82, 2.24) is 15.0 Å². The molecule has 6 rings (SSSR count). The molecule has 0 aliphatic rings. The highest BCUT2D eigenvalue weighted by atomic mass is 14.9. The van der Waals surface area contributed by atoms with Crippen LogP contribution in [0.5, 0.6) is 0 Å². The molecule has 0 bridgehead atoms. The minimum atomic E-state index is 0.426. The third kappa shape index (κ3) is 5.33. The van der Waals surface area contributed by atoms with Gasteiger partial charge in [0.05, 0.1) is 17.1 Å². The van der Waals surface area contributed by atoms with Crippen molar-refractivity contribution in [3.8, 4) is 33.9 Å². The molecule has 0 radical (unpaired) electrons. The molecule has 0 unspecified atom stereocenters. The number of benzene rings is 4. The monoisotopic (exact) mass is 503 g/mol. The third-order valence-corrected chi connectivity index (χ3v) is 6.43. The fourth-order valence-electron chi connectivity index (χ4n) is 4.46. The molecule has 0 spiro atoms. The number of pyridine rings is 1. The van der Waals surface area contributed by atoms with E-state index < -0.39 is 0 Å². The van der Waals surface area contributed by atoms with Crippen molar-refractivity contribution >= 4 is 17.1 Å². The summed E-state index contributed by atoms with van der Waals surface area (Å²) in [5, 5.41) is 12.5. The quantitative estimate of drug-likeness (QED) is 0.216. The molecule has 0 saturated carbocycles. The summed E-state index contributed by atoms with van der Waals surface area (Å²) < 4.78 is 0. The number of aromatic nitrogens is 3. The highest BCUT2D eigenvalue weighted by molar-refractivity contribution is 6.14. The van der Waals surface area contributed by atoms with E-state index in [-0.39, 0.29) is 0 Å². The molecular formula is C34H25N5. The fourth-order valence-corrected chi connectivity index (χ4v) is 4.46. The zero-order valence-corrected chi connectivity index (χ0v) is 21.1. The number of hydrogen-bond donors (Lipinski definition) is 2. The summed E-state index contributed by atoms with van der Waals surface area (Å²) in [7, 11) is 0. The maximum Gasteiger partial charge on any atom is 0.160 e. The lowest BCUT2D eigenvalue weighted by Gasteiger charge is -2.14. The molecule has 186 valence electrons. The van der Waals surface area contributed by atoms with Gasteiger partial charge in [-0.05, 0) is 30.3 Å². The van der Waals surface area contributed by atoms with E-state index >= 15 is 0 Å². The van der Waals surface area contributed by atoms with E-state index in [1.165, 1.54) is 0 Å². The maximum atomic E-state index is 9.11. The standard InChI is InChI=1S/C34H25N5/c35-33(29-16-7-8-17-30(29)37-28-18-20-36-21-19-28)27-15-9-14-26(22-27)32-23-31(24-10-3-1-4-11-24)38-34(39-32)25-12-5-2-6-13-25/h1-23,35H,(H,36,37). The molecule has 5 heteroatoms. The van der Waals surface area contributed by atoms with Crippen LogP contribution < -0.4 is 5.32 Å². The lowest BCUT2D eigenvalue weighted by molar-refractivity contribution is 1.18. The SMILES string of the molecule is N=C(c1cccc(-c2cc(-c3ccccc3)nc(-c3ccccc3)n2)c1)c1ccccc1Nc1ccncc1. The Hall–Kier alpha value is -5.42. The smallest absolute Gasteiger partial charge is 0.160 e. The lowest BCUT2D eigenvalue weighted by Crippen LogP contribution is -2.06. The van der Waals surface area contributed by atoms with Gasteiger partial charge >= 0.3 is 0 Å². The Balaban J connectivity index is 1.40. The van der Waals surface area contributed by atoms with Crippen LogP contribution in [0, 0.1) is 5.41 Å². The molecule has 2 aromatic heterocycles. The Morgan fingerprint density at radius 2 is 1.18 bits per heavy atom. The third-order valence-electron chi connectivity index (χ3n) is 6.43. The van der Waals surface area contributed by atoms with E-state index in [0.717, 1.165) is 50.6 Å². The molecule has 2 heterocycles. The normalized spacial score (nSPS) is 10.7. The highest BCUT2D eigenvalue weighted by Crippen LogP contribution is 2.29. The second-order valence-electron chi connectivity index (χ2n) is 9.06. The largest absolute Gasteiger partial charge is 0.355 e. The van der Waals surface area contributed by atoms with Crippen molar-refractivity contribution in [3.63, 3.8) is 0 Å². The van der Waals surface area contributed by atoms with Gasteiger partial charge in [0.15, 0.2) is 5.82 Å². The van der Waals surface area contributed by atoms with Crippen LogP contribution in [0.25, 0.3) is 33.9 Å². The fraction of sp³-hybridized carbons (Fsp3) is 0. The van der Waals surface area contributed by atoms with E-state index in [1.807, 2.05) is 115 Å². The molecule has 0 aliphatic carbocycles. The van der Waals surface area contributed by atoms with E-state index in [2.05, 4.69) is 22.4 Å². The molecule has 4 aromatic carbocycles. The zero-order chi connectivity index (χ0) is 26.4. The molecule has 39 heavy (non-hydrogen) atoms. The summed E-state index contributed by atoms with van der Waals surface area (Å²) in [6, 6.07) is 41.8. The number of nitrogens with zero attached hydrogens (tertiary/aromatic N) is 3. The van der Waals surface area contributed by atoms with Gasteiger partial charge in [-0.1, -0.05) is 97.1 Å². The van der Waals surface area contributed by atoms with Gasteiger partial charge in [-0.2, -0.15) is 0 Å². The van der Waals surface area contributed by atoms with E-state index in [4.69, 9.17) is 15.4 Å². The number of rotatable bonds is 7. The lowest BCUT2D eigenvalue weighted by atomic mass is 9.97. The van der Waals surface area contributed by atoms with Gasteiger partial charge in [0.2, 0.25) is 0 Å². The number of nitrogens with one attached hydrogen (secondary N) is 2. The zero-order valence-electron chi connectivity index (χ0n) is 21.1. The first-order valence-corrected chi connectivity index (χ1v) is 12.7. The summed E-state index contributed by atoms with van der Waals surface area (Å²) in [6.07, 6.45) is 3.49. The Morgan fingerprint density at radius 1 is 0.564 bits per heavy atom. The van der Waals surface area contributed by atoms with Gasteiger partial charge in [0.25, 0.3) is 0 Å². The molecule has 0 amide bonds. The van der Waals surface area contributed by atoms with Crippen LogP contribution in [0.2, 0.25) is 0 Å². The van der Waals surface area contributed by atoms with Gasteiger partial charge in [-0.3, -0.25) is 10.4 Å². The molecule has 6 aromatic rings. The number of hydrogen-bond acceptors (Lipinski definition) is 5. The minimum Gasteiger partial charge on any atom is -0.355 e. The van der Waals surface area contributed by atoms with Crippen molar-refractivity contribution in [2.45, 2.75) is 0 Å². The van der Waals surface area contributed by atoms with Gasteiger partial charge in [0, 0.05) is 51.6 Å². The summed E-state index contributed by atoms with van der Waals surface area (Å²) in [4.78, 5) is 13.9. The molecule has 0 aliphatic heterocycles. The van der Waals surface area contributed by atoms with Crippen molar-refractivity contribution in [2.75, 3.05) is 5.32 Å². The van der Waals surface area contributed by atoms with Crippen LogP contribution in [-0.4, -0.2) is 20.7 Å². The van der Waals surface area contributed by atoms with Crippen molar-refractivity contribution < 1.29 is 0 Å². The van der Waals surface area contributed by atoms with Gasteiger partial charge in [-0.15, -0.1) is 0 Å². The van der Waals surface area contributed by atoms with Crippen LogP contribution >= 0.6 is 0 Å². The average molecular weight is 504 g/mol. The molecule has 5 nitrogen and oxygen atoms in total. The summed E-state index contributed by atoms with van der Waals surface area (Å²) in [5.41, 5.74) is 8.38. The second kappa shape index (κ2) is 10.9. The number of para-hydroxylation sites is 1. The average Bonchev–Trinajstić information content (AvgIpc) is 3.02. The van der Waals surface area contributed by atoms with E-state index in [0.29, 0.717) is 11.5 Å². The molecule has 0 atom stereocenters. The molecule has 0 fully saturated rings. The topological polar surface area (TPSA) is 74.6 Å². The molecular weight excluding hydrogens is 478 g/mol. The van der Waals surface area contributed by atoms with E-state index in [9.17, 15) is 0 Å². The summed E-state index contributed by atoms with van der Waals surface area (Å²) in [6.45, 7) is 0. The Morgan fingerprint density at radius 3 is 1.92 bits per heavy atom. The van der Waals surface area contributed by atoms with Gasteiger partial charge in [-0.25, -0.2) is 9.97 Å². The van der Waals surface area contributed by atoms with Crippen molar-refractivity contribution in [3.05, 3.63) is 151 Å². The Bertz CT molecular complexity index is 1680. The minimum absolute atomic E-state index is 0.426. The van der Waals surface area contributed by atoms with Crippen molar-refractivity contribution in [2.24, 2.45) is 0 Å². The van der Waals surface area contributed by atoms with Crippen molar-refractivity contribution in [1.29, 1.82) is 5.41 Å². The second-order valence-corrected chi connectivity index (χ2v) is 9.06. The molecule has 0 saturated heterocycles. The predicted octanol–water partition coefficient (Wildman–Crippen LogP) is 8.03. The van der Waals surface area contributed by atoms with Crippen LogP contribution in [0.3, 0.4) is 0 Å². The first-order valence-electron chi connectivity index (χ1n) is 12.7. The van der Waals surface area contributed by atoms with E-state index in [1.54, 1.807) is 12.4 Å². The first kappa shape index (κ1) is 23.9. The maximum absolute atomic E-state index is 9.11. The van der Waals surface area contributed by atoms with Crippen LogP contribution in [-0.2, 0) is 0 Å². The summed E-state index contributed by atoms with van der Waals surface area (Å²) >= 11 is 0. The van der Waals surface area contributed by atoms with Gasteiger partial charge < -0.3 is 5.32 Å². The van der Waals surface area contributed by atoms with Crippen LogP contribution in [0.1, 0.15) is 11.1 Å². The Labute approximate surface area is 227 Å². The van der Waals surface area contributed by atoms with Crippen LogP contribution in [0.4, 0.5) is 11.4 Å². The summed E-state index contributed by atoms with van der Waals surface area (Å²) in [5.74, 6) is 0.666. The first-order chi connectivity index (χ1) is 19.2. The highest BCUT2D eigenvalue weighted by Gasteiger charge is 2.14. The van der Waals surface area contributed by atoms with Crippen LogP contribution in [0.15, 0.2) is 140 Å². The molecule has 2 N–H and O–H groups in total. The number of anilines is 2. The Kier molecular flexibility index (Phi) is 6.70.